The highest BCUT2D eigenvalue weighted by molar-refractivity contribution is 6.06. The number of carbonyl (C=O) groups is 1. The van der Waals surface area contributed by atoms with Crippen LogP contribution in [0, 0.1) is 10.1 Å². The molecule has 1 aliphatic rings. The molecule has 3 aromatic rings. The van der Waals surface area contributed by atoms with Gasteiger partial charge in [0.1, 0.15) is 0 Å². The number of phenols is 1. The molecule has 4 rings (SSSR count). The highest BCUT2D eigenvalue weighted by Gasteiger charge is 2.27. The molecule has 0 unspecified atom stereocenters. The van der Waals surface area contributed by atoms with E-state index >= 15 is 0 Å². The molecule has 152 valence electrons. The molecule has 0 bridgehead atoms. The molecule has 1 aliphatic carbocycles. The third-order valence-corrected chi connectivity index (χ3v) is 4.87. The summed E-state index contributed by atoms with van der Waals surface area (Å²) in [5, 5.41) is 25.8. The van der Waals surface area contributed by atoms with Crippen molar-refractivity contribution in [3.8, 4) is 11.5 Å². The number of para-hydroxylation sites is 1. The Balaban J connectivity index is 1.62. The van der Waals surface area contributed by atoms with Gasteiger partial charge in [0.2, 0.25) is 0 Å². The number of phenolic OH excluding ortho intramolecular Hbond substituents is 1. The van der Waals surface area contributed by atoms with Gasteiger partial charge in [-0.05, 0) is 25.0 Å². The third-order valence-electron chi connectivity index (χ3n) is 4.87. The molecular formula is C21H18N4O5. The van der Waals surface area contributed by atoms with E-state index in [9.17, 15) is 20.0 Å². The van der Waals surface area contributed by atoms with Gasteiger partial charge in [-0.15, -0.1) is 0 Å². The van der Waals surface area contributed by atoms with Crippen LogP contribution in [0.25, 0.3) is 10.9 Å². The Bertz CT molecular complexity index is 1190. The summed E-state index contributed by atoms with van der Waals surface area (Å²) in [5.41, 5.74) is 4.25. The number of amides is 1. The van der Waals surface area contributed by atoms with Crippen LogP contribution in [-0.4, -0.2) is 34.2 Å². The van der Waals surface area contributed by atoms with Crippen molar-refractivity contribution in [1.29, 1.82) is 0 Å². The molecule has 2 N–H and O–H groups in total. The number of rotatable bonds is 6. The van der Waals surface area contributed by atoms with Crippen LogP contribution in [0.1, 0.15) is 40.4 Å². The first kappa shape index (κ1) is 19.3. The monoisotopic (exact) mass is 406 g/mol. The topological polar surface area (TPSA) is 127 Å². The van der Waals surface area contributed by atoms with E-state index in [4.69, 9.17) is 4.74 Å². The lowest BCUT2D eigenvalue weighted by Gasteiger charge is -2.08. The van der Waals surface area contributed by atoms with E-state index in [1.807, 2.05) is 24.3 Å². The van der Waals surface area contributed by atoms with Crippen molar-refractivity contribution in [3.05, 3.63) is 69.4 Å². The van der Waals surface area contributed by atoms with Crippen molar-refractivity contribution >= 4 is 28.7 Å². The van der Waals surface area contributed by atoms with Crippen molar-refractivity contribution in [2.45, 2.75) is 18.8 Å². The number of non-ortho nitro benzene ring substituents is 1. The van der Waals surface area contributed by atoms with Gasteiger partial charge in [0, 0.05) is 28.6 Å². The Hall–Kier alpha value is -4.01. The predicted molar refractivity (Wildman–Crippen MR) is 110 cm³/mol. The highest BCUT2D eigenvalue weighted by Crippen LogP contribution is 2.40. The van der Waals surface area contributed by atoms with Gasteiger partial charge in [-0.25, -0.2) is 5.43 Å². The largest absolute Gasteiger partial charge is 0.504 e. The maximum Gasteiger partial charge on any atom is 0.274 e. The quantitative estimate of drug-likeness (QED) is 0.366. The Labute approximate surface area is 171 Å². The number of benzene rings is 2. The standard InChI is InChI=1S/C21H18N4O5/c1-30-19-9-14(25(28)29)8-13(20(19)26)11-22-24-21(27)16-10-18(12-6-7-12)23-17-5-3-2-4-15(16)17/h2-5,8-12,26H,6-7H2,1H3,(H,24,27). The molecule has 1 heterocycles. The normalized spacial score (nSPS) is 13.5. The molecule has 0 atom stereocenters. The summed E-state index contributed by atoms with van der Waals surface area (Å²) in [4.78, 5) is 27.9. The van der Waals surface area contributed by atoms with E-state index in [2.05, 4.69) is 15.5 Å². The summed E-state index contributed by atoms with van der Waals surface area (Å²) in [7, 11) is 1.29. The van der Waals surface area contributed by atoms with Crippen LogP contribution in [-0.2, 0) is 0 Å². The Morgan fingerprint density at radius 3 is 2.80 bits per heavy atom. The zero-order valence-corrected chi connectivity index (χ0v) is 16.0. The zero-order chi connectivity index (χ0) is 21.3. The number of aromatic nitrogens is 1. The Kier molecular flexibility index (Phi) is 5.01. The maximum atomic E-state index is 12.8. The number of aromatic hydroxyl groups is 1. The van der Waals surface area contributed by atoms with Crippen molar-refractivity contribution in [1.82, 2.24) is 10.4 Å². The first-order valence-corrected chi connectivity index (χ1v) is 9.26. The summed E-state index contributed by atoms with van der Waals surface area (Å²) in [6, 6.07) is 11.4. The number of nitrogens with zero attached hydrogens (tertiary/aromatic N) is 3. The van der Waals surface area contributed by atoms with Gasteiger partial charge in [0.15, 0.2) is 11.5 Å². The fourth-order valence-electron chi connectivity index (χ4n) is 3.17. The van der Waals surface area contributed by atoms with Gasteiger partial charge < -0.3 is 9.84 Å². The van der Waals surface area contributed by atoms with Crippen LogP contribution in [0.2, 0.25) is 0 Å². The third kappa shape index (κ3) is 3.77. The number of hydrogen-bond acceptors (Lipinski definition) is 7. The maximum absolute atomic E-state index is 12.8. The summed E-state index contributed by atoms with van der Waals surface area (Å²) in [6.07, 6.45) is 3.24. The Morgan fingerprint density at radius 1 is 1.33 bits per heavy atom. The lowest BCUT2D eigenvalue weighted by atomic mass is 10.1. The molecule has 2 aromatic carbocycles. The molecule has 1 amide bonds. The van der Waals surface area contributed by atoms with Gasteiger partial charge in [0.25, 0.3) is 11.6 Å². The van der Waals surface area contributed by atoms with Crippen molar-refractivity contribution in [3.63, 3.8) is 0 Å². The SMILES string of the molecule is COc1cc([N+](=O)[O-])cc(C=NNC(=O)c2cc(C3CC3)nc3ccccc23)c1O. The van der Waals surface area contributed by atoms with Crippen LogP contribution >= 0.6 is 0 Å². The lowest BCUT2D eigenvalue weighted by Crippen LogP contribution is -2.18. The number of pyridine rings is 1. The average molecular weight is 406 g/mol. The van der Waals surface area contributed by atoms with E-state index in [-0.39, 0.29) is 22.7 Å². The van der Waals surface area contributed by atoms with Crippen molar-refractivity contribution in [2.24, 2.45) is 5.10 Å². The predicted octanol–water partition coefficient (Wildman–Crippen LogP) is 3.50. The highest BCUT2D eigenvalue weighted by atomic mass is 16.6. The van der Waals surface area contributed by atoms with E-state index in [0.717, 1.165) is 42.4 Å². The van der Waals surface area contributed by atoms with Crippen LogP contribution in [0.4, 0.5) is 5.69 Å². The number of hydrazone groups is 1. The fourth-order valence-corrected chi connectivity index (χ4v) is 3.17. The first-order valence-electron chi connectivity index (χ1n) is 9.26. The average Bonchev–Trinajstić information content (AvgIpc) is 3.59. The molecule has 9 nitrogen and oxygen atoms in total. The minimum atomic E-state index is -0.611. The molecule has 30 heavy (non-hydrogen) atoms. The number of hydrogen-bond donors (Lipinski definition) is 2. The minimum absolute atomic E-state index is 0.0413. The number of nitro benzene ring substituents is 1. The molecule has 0 spiro atoms. The van der Waals surface area contributed by atoms with Crippen LogP contribution in [0.15, 0.2) is 47.6 Å². The molecule has 0 aliphatic heterocycles. The van der Waals surface area contributed by atoms with E-state index in [1.165, 1.54) is 7.11 Å². The summed E-state index contributed by atoms with van der Waals surface area (Å²) in [6.45, 7) is 0. The number of ether oxygens (including phenoxy) is 1. The molecule has 1 fully saturated rings. The van der Waals surface area contributed by atoms with Gasteiger partial charge in [0.05, 0.1) is 35.4 Å². The van der Waals surface area contributed by atoms with Gasteiger partial charge in [-0.2, -0.15) is 5.10 Å². The van der Waals surface area contributed by atoms with E-state index < -0.39 is 10.8 Å². The molecule has 1 aromatic heterocycles. The number of fused-ring (bicyclic) bond motifs is 1. The smallest absolute Gasteiger partial charge is 0.274 e. The van der Waals surface area contributed by atoms with Crippen LogP contribution in [0.3, 0.4) is 0 Å². The second kappa shape index (κ2) is 7.78. The second-order valence-electron chi connectivity index (χ2n) is 6.93. The van der Waals surface area contributed by atoms with Gasteiger partial charge in [-0.3, -0.25) is 19.9 Å². The molecule has 1 saturated carbocycles. The van der Waals surface area contributed by atoms with Crippen LogP contribution < -0.4 is 10.2 Å². The van der Waals surface area contributed by atoms with E-state index in [0.29, 0.717) is 16.9 Å². The first-order chi connectivity index (χ1) is 14.5. The molecule has 0 saturated heterocycles. The lowest BCUT2D eigenvalue weighted by molar-refractivity contribution is -0.385. The number of methoxy groups -OCH3 is 1. The Morgan fingerprint density at radius 2 is 2.10 bits per heavy atom. The molecule has 9 heteroatoms. The zero-order valence-electron chi connectivity index (χ0n) is 16.0. The van der Waals surface area contributed by atoms with Gasteiger partial charge >= 0.3 is 0 Å². The number of carbonyl (C=O) groups excluding carboxylic acids is 1. The van der Waals surface area contributed by atoms with Crippen LogP contribution in [0.5, 0.6) is 11.5 Å². The summed E-state index contributed by atoms with van der Waals surface area (Å²) >= 11 is 0. The number of nitrogens with one attached hydrogen (secondary N) is 1. The minimum Gasteiger partial charge on any atom is -0.504 e. The molecule has 0 radical (unpaired) electrons. The second-order valence-corrected chi connectivity index (χ2v) is 6.93. The molecular weight excluding hydrogens is 388 g/mol. The van der Waals surface area contributed by atoms with Crippen molar-refractivity contribution < 1.29 is 19.6 Å². The summed E-state index contributed by atoms with van der Waals surface area (Å²) < 4.78 is 4.95. The van der Waals surface area contributed by atoms with Crippen molar-refractivity contribution in [2.75, 3.05) is 7.11 Å². The number of nitro groups is 1. The van der Waals surface area contributed by atoms with Gasteiger partial charge in [-0.1, -0.05) is 18.2 Å². The van der Waals surface area contributed by atoms with E-state index in [1.54, 1.807) is 6.07 Å². The fraction of sp³-hybridized carbons (Fsp3) is 0.190. The summed E-state index contributed by atoms with van der Waals surface area (Å²) in [5.74, 6) is -0.444.